The minimum absolute atomic E-state index is 0.532. The lowest BCUT2D eigenvalue weighted by molar-refractivity contribution is 0.141. The number of H-pyrrole nitrogens is 1. The molecule has 56 valence electrons. The Morgan fingerprint density at radius 2 is 2.50 bits per heavy atom. The van der Waals surface area contributed by atoms with Gasteiger partial charge in [0.15, 0.2) is 0 Å². The lowest BCUT2D eigenvalue weighted by Gasteiger charge is -1.99. The molecule has 0 spiro atoms. The number of hydrogen-bond donors (Lipinski definition) is 1. The second-order valence-electron chi connectivity index (χ2n) is 1.74. The molecule has 0 aliphatic carbocycles. The van der Waals surface area contributed by atoms with Gasteiger partial charge in [-0.2, -0.15) is 0 Å². The predicted octanol–water partition coefficient (Wildman–Crippen LogP) is 0.435. The van der Waals surface area contributed by atoms with Crippen molar-refractivity contribution in [2.24, 2.45) is 0 Å². The van der Waals surface area contributed by atoms with Gasteiger partial charge in [-0.15, -0.1) is 0 Å². The van der Waals surface area contributed by atoms with Crippen LogP contribution in [0.2, 0.25) is 0 Å². The molecule has 0 amide bonds. The van der Waals surface area contributed by atoms with Crippen LogP contribution in [0.3, 0.4) is 0 Å². The molecule has 1 heterocycles. The first-order valence-corrected chi connectivity index (χ1v) is 3.04. The Morgan fingerprint density at radius 3 is 3.10 bits per heavy atom. The molecule has 0 atom stereocenters. The molecule has 0 saturated heterocycles. The van der Waals surface area contributed by atoms with E-state index >= 15 is 0 Å². The first-order valence-electron chi connectivity index (χ1n) is 3.04. The van der Waals surface area contributed by atoms with Crippen molar-refractivity contribution < 1.29 is 9.47 Å². The SMILES string of the molecule is COCCOc1ncc[nH]1. The molecule has 10 heavy (non-hydrogen) atoms. The Hall–Kier alpha value is -1.03. The van der Waals surface area contributed by atoms with Gasteiger partial charge in [0.05, 0.1) is 6.61 Å². The maximum atomic E-state index is 5.09. The van der Waals surface area contributed by atoms with Gasteiger partial charge in [0, 0.05) is 19.5 Å². The number of nitrogens with zero attached hydrogens (tertiary/aromatic N) is 1. The van der Waals surface area contributed by atoms with Crippen LogP contribution in [0, 0.1) is 0 Å². The average molecular weight is 142 g/mol. The Bertz CT molecular complexity index is 162. The molecule has 0 fully saturated rings. The Kier molecular flexibility index (Phi) is 2.76. The van der Waals surface area contributed by atoms with E-state index in [0.717, 1.165) is 0 Å². The zero-order valence-corrected chi connectivity index (χ0v) is 5.83. The van der Waals surface area contributed by atoms with Crippen molar-refractivity contribution >= 4 is 0 Å². The van der Waals surface area contributed by atoms with Crippen molar-refractivity contribution in [3.63, 3.8) is 0 Å². The minimum Gasteiger partial charge on any atom is -0.462 e. The first kappa shape index (κ1) is 7.08. The summed E-state index contributed by atoms with van der Waals surface area (Å²) in [5.74, 6) is 0. The van der Waals surface area contributed by atoms with Crippen LogP contribution in [-0.4, -0.2) is 30.3 Å². The highest BCUT2D eigenvalue weighted by Crippen LogP contribution is 1.96. The lowest BCUT2D eigenvalue weighted by atomic mass is 10.8. The fraction of sp³-hybridized carbons (Fsp3) is 0.500. The van der Waals surface area contributed by atoms with E-state index in [1.807, 2.05) is 0 Å². The van der Waals surface area contributed by atoms with Gasteiger partial charge in [-0.05, 0) is 0 Å². The number of ether oxygens (including phenoxy) is 2. The smallest absolute Gasteiger partial charge is 0.293 e. The predicted molar refractivity (Wildman–Crippen MR) is 36.0 cm³/mol. The second-order valence-corrected chi connectivity index (χ2v) is 1.74. The van der Waals surface area contributed by atoms with Crippen LogP contribution in [0.1, 0.15) is 0 Å². The zero-order chi connectivity index (χ0) is 7.23. The number of hydrogen-bond acceptors (Lipinski definition) is 3. The van der Waals surface area contributed by atoms with E-state index in [1.165, 1.54) is 0 Å². The highest BCUT2D eigenvalue weighted by molar-refractivity contribution is 4.91. The van der Waals surface area contributed by atoms with E-state index in [2.05, 4.69) is 9.97 Å². The van der Waals surface area contributed by atoms with E-state index in [1.54, 1.807) is 19.5 Å². The third kappa shape index (κ3) is 2.06. The highest BCUT2D eigenvalue weighted by atomic mass is 16.5. The number of aromatic amines is 1. The number of aromatic nitrogens is 2. The van der Waals surface area contributed by atoms with Crippen LogP contribution in [0.5, 0.6) is 6.01 Å². The van der Waals surface area contributed by atoms with Crippen molar-refractivity contribution in [2.45, 2.75) is 0 Å². The van der Waals surface area contributed by atoms with Gasteiger partial charge in [-0.1, -0.05) is 0 Å². The molecule has 0 aliphatic heterocycles. The number of nitrogens with one attached hydrogen (secondary N) is 1. The van der Waals surface area contributed by atoms with Gasteiger partial charge in [0.1, 0.15) is 6.61 Å². The molecule has 4 nitrogen and oxygen atoms in total. The third-order valence-electron chi connectivity index (χ3n) is 0.999. The normalized spacial score (nSPS) is 9.70. The van der Waals surface area contributed by atoms with Gasteiger partial charge in [-0.3, -0.25) is 0 Å². The fourth-order valence-electron chi connectivity index (χ4n) is 0.551. The molecule has 1 N–H and O–H groups in total. The molecule has 0 saturated carbocycles. The molecule has 1 aromatic heterocycles. The van der Waals surface area contributed by atoms with Gasteiger partial charge >= 0.3 is 0 Å². The Labute approximate surface area is 59.2 Å². The van der Waals surface area contributed by atoms with Crippen LogP contribution >= 0.6 is 0 Å². The fourth-order valence-corrected chi connectivity index (χ4v) is 0.551. The van der Waals surface area contributed by atoms with Gasteiger partial charge in [-0.25, -0.2) is 4.98 Å². The van der Waals surface area contributed by atoms with E-state index in [4.69, 9.17) is 9.47 Å². The molecule has 0 aliphatic rings. The Morgan fingerprint density at radius 1 is 1.60 bits per heavy atom. The standard InChI is InChI=1S/C6H10N2O2/c1-9-4-5-10-6-7-2-3-8-6/h2-3H,4-5H2,1H3,(H,7,8). The molecule has 0 radical (unpaired) electrons. The molecule has 0 aromatic carbocycles. The summed E-state index contributed by atoms with van der Waals surface area (Å²) >= 11 is 0. The van der Waals surface area contributed by atoms with Crippen molar-refractivity contribution in [3.8, 4) is 6.01 Å². The lowest BCUT2D eigenvalue weighted by Crippen LogP contribution is -2.04. The van der Waals surface area contributed by atoms with Crippen LogP contribution in [0.25, 0.3) is 0 Å². The number of rotatable bonds is 4. The summed E-state index contributed by atoms with van der Waals surface area (Å²) in [4.78, 5) is 6.66. The van der Waals surface area contributed by atoms with Crippen molar-refractivity contribution in [1.82, 2.24) is 9.97 Å². The highest BCUT2D eigenvalue weighted by Gasteiger charge is 1.91. The largest absolute Gasteiger partial charge is 0.462 e. The minimum atomic E-state index is 0.532. The van der Waals surface area contributed by atoms with Gasteiger partial charge < -0.3 is 14.5 Å². The first-order chi connectivity index (χ1) is 4.93. The van der Waals surface area contributed by atoms with Gasteiger partial charge in [0.2, 0.25) is 0 Å². The molecule has 1 rings (SSSR count). The van der Waals surface area contributed by atoms with Gasteiger partial charge in [0.25, 0.3) is 6.01 Å². The summed E-state index contributed by atoms with van der Waals surface area (Å²) in [6.07, 6.45) is 3.35. The number of methoxy groups -OCH3 is 1. The van der Waals surface area contributed by atoms with E-state index in [0.29, 0.717) is 19.2 Å². The van der Waals surface area contributed by atoms with Crippen LogP contribution < -0.4 is 4.74 Å². The summed E-state index contributed by atoms with van der Waals surface area (Å²) in [5, 5.41) is 0. The summed E-state index contributed by atoms with van der Waals surface area (Å²) in [7, 11) is 1.63. The summed E-state index contributed by atoms with van der Waals surface area (Å²) in [5.41, 5.74) is 0. The monoisotopic (exact) mass is 142 g/mol. The van der Waals surface area contributed by atoms with Crippen molar-refractivity contribution in [2.75, 3.05) is 20.3 Å². The molecule has 1 aromatic rings. The number of imidazole rings is 1. The second kappa shape index (κ2) is 3.90. The summed E-state index contributed by atoms with van der Waals surface area (Å²) in [6.45, 7) is 1.12. The Balaban J connectivity index is 2.15. The van der Waals surface area contributed by atoms with Crippen LogP contribution in [-0.2, 0) is 4.74 Å². The molecular formula is C6H10N2O2. The maximum absolute atomic E-state index is 5.09. The van der Waals surface area contributed by atoms with E-state index < -0.39 is 0 Å². The van der Waals surface area contributed by atoms with E-state index in [9.17, 15) is 0 Å². The van der Waals surface area contributed by atoms with Crippen LogP contribution in [0.15, 0.2) is 12.4 Å². The molecule has 4 heteroatoms. The maximum Gasteiger partial charge on any atom is 0.293 e. The molecule has 0 unspecified atom stereocenters. The summed E-state index contributed by atoms with van der Waals surface area (Å²) < 4.78 is 9.87. The van der Waals surface area contributed by atoms with Crippen LogP contribution in [0.4, 0.5) is 0 Å². The van der Waals surface area contributed by atoms with Crippen molar-refractivity contribution in [1.29, 1.82) is 0 Å². The van der Waals surface area contributed by atoms with E-state index in [-0.39, 0.29) is 0 Å². The average Bonchev–Trinajstić information content (AvgIpc) is 2.41. The topological polar surface area (TPSA) is 47.1 Å². The quantitative estimate of drug-likeness (QED) is 0.620. The molecule has 0 bridgehead atoms. The molecular weight excluding hydrogens is 132 g/mol. The zero-order valence-electron chi connectivity index (χ0n) is 5.83. The third-order valence-corrected chi connectivity index (χ3v) is 0.999. The van der Waals surface area contributed by atoms with Crippen molar-refractivity contribution in [3.05, 3.63) is 12.4 Å². The summed E-state index contributed by atoms with van der Waals surface area (Å²) in [6, 6.07) is 0.539.